The fourth-order valence-electron chi connectivity index (χ4n) is 2.15. The summed E-state index contributed by atoms with van der Waals surface area (Å²) in [5.74, 6) is -1.25. The van der Waals surface area contributed by atoms with Gasteiger partial charge in [0, 0.05) is 20.0 Å². The summed E-state index contributed by atoms with van der Waals surface area (Å²) in [4.78, 5) is 12.0. The number of hydrogen-bond donors (Lipinski definition) is 2. The quantitative estimate of drug-likeness (QED) is 0.749. The molecule has 23 heavy (non-hydrogen) atoms. The number of carbonyl (C=O) groups is 1. The van der Waals surface area contributed by atoms with Gasteiger partial charge in [-0.25, -0.2) is 21.5 Å². The summed E-state index contributed by atoms with van der Waals surface area (Å²) < 4.78 is 55.1. The molecule has 1 aromatic rings. The van der Waals surface area contributed by atoms with E-state index in [0.29, 0.717) is 0 Å². The van der Waals surface area contributed by atoms with E-state index in [-0.39, 0.29) is 24.7 Å². The van der Waals surface area contributed by atoms with Crippen LogP contribution in [0.3, 0.4) is 0 Å². The van der Waals surface area contributed by atoms with Crippen molar-refractivity contribution >= 4 is 15.9 Å². The Hall–Kier alpha value is -1.59. The molecule has 0 unspecified atom stereocenters. The summed E-state index contributed by atoms with van der Waals surface area (Å²) in [5, 5.41) is 8.19. The largest absolute Gasteiger partial charge is 0.379 e. The van der Waals surface area contributed by atoms with Crippen LogP contribution in [0, 0.1) is 5.92 Å². The van der Waals surface area contributed by atoms with Crippen molar-refractivity contribution in [2.75, 3.05) is 33.1 Å². The second-order valence-electron chi connectivity index (χ2n) is 5.45. The first-order valence-electron chi connectivity index (χ1n) is 6.83. The van der Waals surface area contributed by atoms with Crippen molar-refractivity contribution in [3.63, 3.8) is 0 Å². The van der Waals surface area contributed by atoms with Crippen LogP contribution in [0.2, 0.25) is 0 Å². The maximum Gasteiger partial charge on any atom is 0.279 e. The number of nitrogens with one attached hydrogen (secondary N) is 2. The van der Waals surface area contributed by atoms with Crippen LogP contribution in [0.1, 0.15) is 22.6 Å². The molecule has 0 aromatic carbocycles. The Bertz CT molecular complexity index is 662. The zero-order chi connectivity index (χ0) is 17.2. The fraction of sp³-hybridized carbons (Fsp3) is 0.667. The van der Waals surface area contributed by atoms with Gasteiger partial charge in [-0.2, -0.15) is 5.10 Å². The summed E-state index contributed by atoms with van der Waals surface area (Å²) in [5.41, 5.74) is -0.633. The van der Waals surface area contributed by atoms with E-state index >= 15 is 0 Å². The first-order valence-corrected chi connectivity index (χ1v) is 8.44. The minimum absolute atomic E-state index is 0.158. The van der Waals surface area contributed by atoms with Gasteiger partial charge in [0.05, 0.1) is 25.0 Å². The molecule has 2 heterocycles. The van der Waals surface area contributed by atoms with Crippen molar-refractivity contribution in [2.45, 2.75) is 12.5 Å². The SMILES string of the molecule is CN(C)S(=O)(=O)C[C@@H]1COC[C@H]1NC(=O)c1cc(C(F)F)[nH]n1. The van der Waals surface area contributed by atoms with Gasteiger partial charge in [0.2, 0.25) is 10.0 Å². The summed E-state index contributed by atoms with van der Waals surface area (Å²) in [6.07, 6.45) is -2.75. The number of hydrogen-bond acceptors (Lipinski definition) is 5. The molecule has 1 fully saturated rings. The monoisotopic (exact) mass is 352 g/mol. The predicted molar refractivity (Wildman–Crippen MR) is 76.6 cm³/mol. The number of halogens is 2. The van der Waals surface area contributed by atoms with Crippen molar-refractivity contribution < 1.29 is 26.7 Å². The van der Waals surface area contributed by atoms with Gasteiger partial charge in [0.15, 0.2) is 0 Å². The van der Waals surface area contributed by atoms with Crippen molar-refractivity contribution in [1.29, 1.82) is 0 Å². The van der Waals surface area contributed by atoms with Crippen molar-refractivity contribution in [3.8, 4) is 0 Å². The molecule has 2 atom stereocenters. The minimum Gasteiger partial charge on any atom is -0.379 e. The molecule has 1 saturated heterocycles. The van der Waals surface area contributed by atoms with E-state index in [0.717, 1.165) is 10.4 Å². The first kappa shape index (κ1) is 17.8. The molecule has 2 rings (SSSR count). The Kier molecular flexibility index (Phi) is 5.32. The maximum atomic E-state index is 12.5. The molecular weight excluding hydrogens is 334 g/mol. The number of nitrogens with zero attached hydrogens (tertiary/aromatic N) is 2. The van der Waals surface area contributed by atoms with Gasteiger partial charge in [0.25, 0.3) is 12.3 Å². The van der Waals surface area contributed by atoms with Crippen molar-refractivity contribution in [3.05, 3.63) is 17.5 Å². The van der Waals surface area contributed by atoms with Crippen LogP contribution in [0.4, 0.5) is 8.78 Å². The molecule has 0 saturated carbocycles. The highest BCUT2D eigenvalue weighted by Crippen LogP contribution is 2.19. The lowest BCUT2D eigenvalue weighted by atomic mass is 10.1. The van der Waals surface area contributed by atoms with Gasteiger partial charge in [-0.05, 0) is 6.07 Å². The van der Waals surface area contributed by atoms with Crippen LogP contribution in [-0.4, -0.2) is 67.9 Å². The molecule has 0 radical (unpaired) electrons. The van der Waals surface area contributed by atoms with Crippen LogP contribution in [0.25, 0.3) is 0 Å². The third-order valence-corrected chi connectivity index (χ3v) is 5.52. The lowest BCUT2D eigenvalue weighted by Crippen LogP contribution is -2.43. The van der Waals surface area contributed by atoms with Crippen molar-refractivity contribution in [1.82, 2.24) is 19.8 Å². The molecule has 1 amide bonds. The highest BCUT2D eigenvalue weighted by molar-refractivity contribution is 7.89. The Balaban J connectivity index is 2.01. The highest BCUT2D eigenvalue weighted by atomic mass is 32.2. The summed E-state index contributed by atoms with van der Waals surface area (Å²) in [7, 11) is -0.591. The van der Waals surface area contributed by atoms with Gasteiger partial charge >= 0.3 is 0 Å². The molecule has 1 aromatic heterocycles. The average Bonchev–Trinajstić information content (AvgIpc) is 3.08. The Labute approximate surface area is 132 Å². The van der Waals surface area contributed by atoms with Crippen LogP contribution in [-0.2, 0) is 14.8 Å². The number of carbonyl (C=O) groups excluding carboxylic acids is 1. The zero-order valence-electron chi connectivity index (χ0n) is 12.6. The third kappa shape index (κ3) is 4.24. The van der Waals surface area contributed by atoms with E-state index in [1.165, 1.54) is 14.1 Å². The molecule has 0 spiro atoms. The van der Waals surface area contributed by atoms with E-state index in [4.69, 9.17) is 4.74 Å². The highest BCUT2D eigenvalue weighted by Gasteiger charge is 2.34. The number of rotatable bonds is 6. The van der Waals surface area contributed by atoms with Gasteiger partial charge in [-0.3, -0.25) is 9.89 Å². The van der Waals surface area contributed by atoms with Gasteiger partial charge in [-0.1, -0.05) is 0 Å². The van der Waals surface area contributed by atoms with Crippen molar-refractivity contribution in [2.24, 2.45) is 5.92 Å². The van der Waals surface area contributed by atoms with E-state index in [2.05, 4.69) is 15.5 Å². The number of aromatic amines is 1. The number of alkyl halides is 2. The molecule has 1 aliphatic rings. The molecule has 2 N–H and O–H groups in total. The number of amides is 1. The lowest BCUT2D eigenvalue weighted by Gasteiger charge is -2.20. The summed E-state index contributed by atoms with van der Waals surface area (Å²) in [6.45, 7) is 0.354. The first-order chi connectivity index (χ1) is 10.7. The van der Waals surface area contributed by atoms with Crippen LogP contribution < -0.4 is 5.32 Å². The van der Waals surface area contributed by atoms with Gasteiger partial charge < -0.3 is 10.1 Å². The molecule has 0 aliphatic carbocycles. The molecule has 0 bridgehead atoms. The van der Waals surface area contributed by atoms with Gasteiger partial charge in [-0.15, -0.1) is 0 Å². The van der Waals surface area contributed by atoms with Crippen LogP contribution in [0.5, 0.6) is 0 Å². The molecule has 130 valence electrons. The second kappa shape index (κ2) is 6.89. The van der Waals surface area contributed by atoms with E-state index < -0.39 is 40.0 Å². The second-order valence-corrected chi connectivity index (χ2v) is 7.68. The standard InChI is InChI=1S/C12H18F2N4O4S/c1-18(2)23(20,21)6-7-4-22-5-10(7)15-12(19)9-3-8(11(13)14)16-17-9/h3,7,10-11H,4-6H2,1-2H3,(H,15,19)(H,16,17)/t7-,10+/m0/s1. The molecular formula is C12H18F2N4O4S. The number of H-pyrrole nitrogens is 1. The van der Waals surface area contributed by atoms with E-state index in [1.54, 1.807) is 0 Å². The van der Waals surface area contributed by atoms with E-state index in [9.17, 15) is 22.0 Å². The normalized spacial score (nSPS) is 22.0. The maximum absolute atomic E-state index is 12.5. The predicted octanol–water partition coefficient (Wildman–Crippen LogP) is -0.0165. The topological polar surface area (TPSA) is 104 Å². The van der Waals surface area contributed by atoms with Crippen LogP contribution in [0.15, 0.2) is 6.07 Å². The average molecular weight is 352 g/mol. The number of aromatic nitrogens is 2. The summed E-state index contributed by atoms with van der Waals surface area (Å²) >= 11 is 0. The minimum atomic E-state index is -3.44. The Morgan fingerprint density at radius 3 is 2.78 bits per heavy atom. The fourth-order valence-corrected chi connectivity index (χ4v) is 3.32. The Morgan fingerprint density at radius 2 is 2.22 bits per heavy atom. The van der Waals surface area contributed by atoms with E-state index in [1.807, 2.05) is 0 Å². The molecule has 11 heteroatoms. The lowest BCUT2D eigenvalue weighted by molar-refractivity contribution is 0.0921. The zero-order valence-corrected chi connectivity index (χ0v) is 13.4. The smallest absolute Gasteiger partial charge is 0.279 e. The number of sulfonamides is 1. The molecule has 1 aliphatic heterocycles. The van der Waals surface area contributed by atoms with Crippen LogP contribution >= 0.6 is 0 Å². The summed E-state index contributed by atoms with van der Waals surface area (Å²) in [6, 6.07) is 0.436. The third-order valence-electron chi connectivity index (χ3n) is 3.56. The molecule has 8 nitrogen and oxygen atoms in total. The number of ether oxygens (including phenoxy) is 1. The Morgan fingerprint density at radius 1 is 1.52 bits per heavy atom. The van der Waals surface area contributed by atoms with Gasteiger partial charge in [0.1, 0.15) is 11.4 Å².